The lowest BCUT2D eigenvalue weighted by Gasteiger charge is -2.12. The third kappa shape index (κ3) is 1.95. The molecule has 0 spiro atoms. The molecule has 1 heterocycles. The van der Waals surface area contributed by atoms with Crippen molar-refractivity contribution in [2.75, 3.05) is 0 Å². The van der Waals surface area contributed by atoms with E-state index in [1.807, 2.05) is 24.3 Å². The van der Waals surface area contributed by atoms with Gasteiger partial charge in [0.1, 0.15) is 5.57 Å². The zero-order valence-electron chi connectivity index (χ0n) is 10.3. The Morgan fingerprint density at radius 1 is 1.11 bits per heavy atom. The molecule has 19 heavy (non-hydrogen) atoms. The van der Waals surface area contributed by atoms with Gasteiger partial charge in [0, 0.05) is 23.7 Å². The molecular weight excluding hydrogens is 242 g/mol. The average Bonchev–Trinajstić information content (AvgIpc) is 2.82. The SMILES string of the molecule is O=C1CCCC(=O)C1=C(O)c1cc2ccccc2[nH]1. The van der Waals surface area contributed by atoms with E-state index in [4.69, 9.17) is 0 Å². The van der Waals surface area contributed by atoms with E-state index in [0.29, 0.717) is 25.0 Å². The highest BCUT2D eigenvalue weighted by Crippen LogP contribution is 2.26. The molecule has 0 amide bonds. The molecule has 2 aromatic rings. The van der Waals surface area contributed by atoms with Gasteiger partial charge in [0.2, 0.25) is 0 Å². The maximum absolute atomic E-state index is 11.8. The van der Waals surface area contributed by atoms with Crippen LogP contribution in [-0.2, 0) is 9.59 Å². The number of carbonyl (C=O) groups excluding carboxylic acids is 2. The number of hydrogen-bond acceptors (Lipinski definition) is 3. The molecule has 4 heteroatoms. The number of benzene rings is 1. The first-order valence-corrected chi connectivity index (χ1v) is 6.24. The molecule has 0 aliphatic heterocycles. The van der Waals surface area contributed by atoms with Crippen LogP contribution in [0.2, 0.25) is 0 Å². The van der Waals surface area contributed by atoms with Crippen LogP contribution >= 0.6 is 0 Å². The van der Waals surface area contributed by atoms with Gasteiger partial charge in [-0.1, -0.05) is 18.2 Å². The number of H-pyrrole nitrogens is 1. The van der Waals surface area contributed by atoms with Gasteiger partial charge in [0.25, 0.3) is 0 Å². The highest BCUT2D eigenvalue weighted by molar-refractivity contribution is 6.25. The summed E-state index contributed by atoms with van der Waals surface area (Å²) in [5.74, 6) is -0.772. The molecule has 1 aliphatic rings. The van der Waals surface area contributed by atoms with Gasteiger partial charge in [-0.2, -0.15) is 0 Å². The van der Waals surface area contributed by atoms with E-state index < -0.39 is 0 Å². The number of allylic oxidation sites excluding steroid dienone is 1. The maximum atomic E-state index is 11.8. The summed E-state index contributed by atoms with van der Waals surface area (Å²) in [5, 5.41) is 11.1. The Hall–Kier alpha value is -2.36. The van der Waals surface area contributed by atoms with Crippen molar-refractivity contribution in [3.05, 3.63) is 41.6 Å². The van der Waals surface area contributed by atoms with E-state index in [1.54, 1.807) is 6.07 Å². The lowest BCUT2D eigenvalue weighted by molar-refractivity contribution is -0.123. The summed E-state index contributed by atoms with van der Waals surface area (Å²) in [7, 11) is 0. The van der Waals surface area contributed by atoms with E-state index in [9.17, 15) is 14.7 Å². The predicted molar refractivity (Wildman–Crippen MR) is 71.7 cm³/mol. The largest absolute Gasteiger partial charge is 0.505 e. The van der Waals surface area contributed by atoms with Crippen molar-refractivity contribution in [2.24, 2.45) is 0 Å². The monoisotopic (exact) mass is 255 g/mol. The Labute approximate surface area is 109 Å². The van der Waals surface area contributed by atoms with Crippen LogP contribution in [0.3, 0.4) is 0 Å². The van der Waals surface area contributed by atoms with Gasteiger partial charge < -0.3 is 10.1 Å². The molecule has 3 rings (SSSR count). The smallest absolute Gasteiger partial charge is 0.170 e. The number of carbonyl (C=O) groups is 2. The molecule has 4 nitrogen and oxygen atoms in total. The quantitative estimate of drug-likeness (QED) is 0.467. The van der Waals surface area contributed by atoms with Crippen molar-refractivity contribution in [1.29, 1.82) is 0 Å². The van der Waals surface area contributed by atoms with E-state index >= 15 is 0 Å². The fraction of sp³-hybridized carbons (Fsp3) is 0.200. The second-order valence-electron chi connectivity index (χ2n) is 4.69. The zero-order valence-corrected chi connectivity index (χ0v) is 10.3. The van der Waals surface area contributed by atoms with E-state index in [-0.39, 0.29) is 22.9 Å². The minimum absolute atomic E-state index is 0.0576. The van der Waals surface area contributed by atoms with Crippen molar-refractivity contribution in [2.45, 2.75) is 19.3 Å². The highest BCUT2D eigenvalue weighted by atomic mass is 16.3. The molecular formula is C15H13NO3. The molecule has 1 fully saturated rings. The van der Waals surface area contributed by atoms with E-state index in [1.165, 1.54) is 0 Å². The van der Waals surface area contributed by atoms with Crippen molar-refractivity contribution in [3.8, 4) is 0 Å². The van der Waals surface area contributed by atoms with Gasteiger partial charge in [0.05, 0.1) is 5.69 Å². The molecule has 2 N–H and O–H groups in total. The van der Waals surface area contributed by atoms with Gasteiger partial charge in [-0.05, 0) is 18.6 Å². The number of nitrogens with one attached hydrogen (secondary N) is 1. The lowest BCUT2D eigenvalue weighted by Crippen LogP contribution is -2.20. The van der Waals surface area contributed by atoms with Crippen LogP contribution in [0.4, 0.5) is 0 Å². The molecule has 1 aliphatic carbocycles. The molecule has 96 valence electrons. The topological polar surface area (TPSA) is 70.2 Å². The Bertz CT molecular complexity index is 658. The minimum Gasteiger partial charge on any atom is -0.505 e. The van der Waals surface area contributed by atoms with Crippen molar-refractivity contribution < 1.29 is 14.7 Å². The van der Waals surface area contributed by atoms with Crippen LogP contribution in [0.25, 0.3) is 16.7 Å². The molecule has 0 saturated heterocycles. The van der Waals surface area contributed by atoms with Crippen LogP contribution in [0.15, 0.2) is 35.9 Å². The molecule has 0 atom stereocenters. The van der Waals surface area contributed by atoms with Gasteiger partial charge in [-0.25, -0.2) is 0 Å². The fourth-order valence-corrected chi connectivity index (χ4v) is 2.41. The van der Waals surface area contributed by atoms with Crippen molar-refractivity contribution >= 4 is 28.2 Å². The summed E-state index contributed by atoms with van der Waals surface area (Å²) >= 11 is 0. The first-order valence-electron chi connectivity index (χ1n) is 6.24. The number of aromatic nitrogens is 1. The molecule has 0 bridgehead atoms. The third-order valence-corrected chi connectivity index (χ3v) is 3.39. The average molecular weight is 255 g/mol. The van der Waals surface area contributed by atoms with Gasteiger partial charge in [0.15, 0.2) is 17.3 Å². The standard InChI is InChI=1S/C15H13NO3/c17-12-6-3-7-13(18)14(12)15(19)11-8-9-4-1-2-5-10(9)16-11/h1-2,4-5,8,16,19H,3,6-7H2. The maximum Gasteiger partial charge on any atom is 0.170 e. The second-order valence-corrected chi connectivity index (χ2v) is 4.69. The molecule has 1 aromatic heterocycles. The highest BCUT2D eigenvalue weighted by Gasteiger charge is 2.28. The van der Waals surface area contributed by atoms with Gasteiger partial charge in [-0.15, -0.1) is 0 Å². The summed E-state index contributed by atoms with van der Waals surface area (Å²) in [6.07, 6.45) is 1.22. The number of aliphatic hydroxyl groups is 1. The van der Waals surface area contributed by atoms with E-state index in [2.05, 4.69) is 4.98 Å². The molecule has 0 unspecified atom stereocenters. The molecule has 1 aromatic carbocycles. The van der Waals surface area contributed by atoms with Crippen molar-refractivity contribution in [1.82, 2.24) is 4.98 Å². The first-order chi connectivity index (χ1) is 9.16. The summed E-state index contributed by atoms with van der Waals surface area (Å²) in [6.45, 7) is 0. The van der Waals surface area contributed by atoms with Crippen LogP contribution in [0.5, 0.6) is 0 Å². The normalized spacial score (nSPS) is 16.1. The third-order valence-electron chi connectivity index (χ3n) is 3.39. The number of Topliss-reactive ketones (excluding diaryl/α,β-unsaturated/α-hetero) is 2. The summed E-state index contributed by atoms with van der Waals surface area (Å²) in [4.78, 5) is 26.6. The Morgan fingerprint density at radius 3 is 2.47 bits per heavy atom. The summed E-state index contributed by atoms with van der Waals surface area (Å²) in [5.41, 5.74) is 1.22. The Kier molecular flexibility index (Phi) is 2.71. The predicted octanol–water partition coefficient (Wildman–Crippen LogP) is 2.76. The Balaban J connectivity index is 2.13. The van der Waals surface area contributed by atoms with Crippen LogP contribution in [0, 0.1) is 0 Å². The number of para-hydroxylation sites is 1. The first kappa shape index (κ1) is 11.7. The number of fused-ring (bicyclic) bond motifs is 1. The second kappa shape index (κ2) is 4.39. The minimum atomic E-state index is -0.271. The number of aliphatic hydroxyl groups excluding tert-OH is 1. The summed E-state index contributed by atoms with van der Waals surface area (Å²) < 4.78 is 0. The Morgan fingerprint density at radius 2 is 1.79 bits per heavy atom. The number of rotatable bonds is 1. The lowest BCUT2D eigenvalue weighted by atomic mass is 9.91. The zero-order chi connectivity index (χ0) is 13.4. The van der Waals surface area contributed by atoms with Crippen LogP contribution < -0.4 is 0 Å². The van der Waals surface area contributed by atoms with Gasteiger partial charge in [-0.3, -0.25) is 9.59 Å². The van der Waals surface area contributed by atoms with Crippen LogP contribution in [-0.4, -0.2) is 21.7 Å². The van der Waals surface area contributed by atoms with Crippen LogP contribution in [0.1, 0.15) is 25.0 Å². The summed E-state index contributed by atoms with van der Waals surface area (Å²) in [6, 6.07) is 9.29. The molecule has 0 radical (unpaired) electrons. The van der Waals surface area contributed by atoms with E-state index in [0.717, 1.165) is 10.9 Å². The number of aromatic amines is 1. The number of ketones is 2. The van der Waals surface area contributed by atoms with Gasteiger partial charge >= 0.3 is 0 Å². The van der Waals surface area contributed by atoms with Crippen molar-refractivity contribution in [3.63, 3.8) is 0 Å². The molecule has 1 saturated carbocycles. The fourth-order valence-electron chi connectivity index (χ4n) is 2.41. The number of hydrogen-bond donors (Lipinski definition) is 2.